The Labute approximate surface area is 99.6 Å². The van der Waals surface area contributed by atoms with Crippen molar-refractivity contribution in [1.29, 1.82) is 0 Å². The quantitative estimate of drug-likeness (QED) is 0.468. The molecule has 0 heterocycles. The minimum absolute atomic E-state index is 0.0763. The first-order chi connectivity index (χ1) is 8.06. The fourth-order valence-corrected chi connectivity index (χ4v) is 1.97. The molecule has 1 aromatic carbocycles. The molecule has 1 aliphatic carbocycles. The van der Waals surface area contributed by atoms with Gasteiger partial charge in [-0.2, -0.15) is 0 Å². The average Bonchev–Trinajstić information content (AvgIpc) is 3.04. The minimum atomic E-state index is -0.480. The van der Waals surface area contributed by atoms with Gasteiger partial charge in [-0.15, -0.1) is 0 Å². The fraction of sp³-hybridized carbons (Fsp3) is 0.500. The second-order valence-corrected chi connectivity index (χ2v) is 4.68. The van der Waals surface area contributed by atoms with Gasteiger partial charge < -0.3 is 10.4 Å². The monoisotopic (exact) mass is 236 g/mol. The van der Waals surface area contributed by atoms with Gasteiger partial charge in [0.15, 0.2) is 0 Å². The zero-order valence-corrected chi connectivity index (χ0v) is 9.72. The third-order valence-corrected chi connectivity index (χ3v) is 2.96. The summed E-state index contributed by atoms with van der Waals surface area (Å²) < 4.78 is 0. The molecule has 0 aromatic heterocycles. The number of aromatic hydroxyl groups is 1. The molecule has 0 bridgehead atoms. The molecule has 2 rings (SSSR count). The van der Waals surface area contributed by atoms with E-state index in [0.717, 1.165) is 12.3 Å². The van der Waals surface area contributed by atoms with E-state index >= 15 is 0 Å². The van der Waals surface area contributed by atoms with Gasteiger partial charge >= 0.3 is 0 Å². The van der Waals surface area contributed by atoms with Gasteiger partial charge in [0.25, 0.3) is 5.69 Å². The molecule has 5 nitrogen and oxygen atoms in total. The van der Waals surface area contributed by atoms with Crippen LogP contribution in [0.4, 0.5) is 11.4 Å². The Balaban J connectivity index is 2.10. The topological polar surface area (TPSA) is 75.4 Å². The Hall–Kier alpha value is -1.78. The van der Waals surface area contributed by atoms with Gasteiger partial charge in [0.2, 0.25) is 0 Å². The van der Waals surface area contributed by atoms with Crippen LogP contribution >= 0.6 is 0 Å². The second kappa shape index (κ2) is 4.61. The Morgan fingerprint density at radius 1 is 1.59 bits per heavy atom. The summed E-state index contributed by atoms with van der Waals surface area (Å²) in [7, 11) is 0. The van der Waals surface area contributed by atoms with E-state index in [0.29, 0.717) is 5.69 Å². The van der Waals surface area contributed by atoms with E-state index in [9.17, 15) is 15.2 Å². The maximum absolute atomic E-state index is 10.8. The second-order valence-electron chi connectivity index (χ2n) is 4.68. The third kappa shape index (κ3) is 3.09. The largest absolute Gasteiger partial charge is 0.508 e. The van der Waals surface area contributed by atoms with Gasteiger partial charge in [-0.25, -0.2) is 0 Å². The number of phenolic OH excluding ortho intramolecular Hbond substituents is 1. The predicted molar refractivity (Wildman–Crippen MR) is 65.2 cm³/mol. The van der Waals surface area contributed by atoms with Crippen LogP contribution in [0.3, 0.4) is 0 Å². The Bertz CT molecular complexity index is 430. The van der Waals surface area contributed by atoms with E-state index in [4.69, 9.17) is 0 Å². The van der Waals surface area contributed by atoms with Crippen LogP contribution in [-0.2, 0) is 0 Å². The van der Waals surface area contributed by atoms with E-state index in [1.165, 1.54) is 25.0 Å². The lowest BCUT2D eigenvalue weighted by atomic mass is 10.1. The van der Waals surface area contributed by atoms with Crippen molar-refractivity contribution < 1.29 is 10.0 Å². The van der Waals surface area contributed by atoms with Crippen molar-refractivity contribution >= 4 is 11.4 Å². The number of hydrogen-bond donors (Lipinski definition) is 2. The average molecular weight is 236 g/mol. The van der Waals surface area contributed by atoms with Crippen molar-refractivity contribution in [2.45, 2.75) is 32.2 Å². The van der Waals surface area contributed by atoms with Crippen LogP contribution in [-0.4, -0.2) is 16.1 Å². The fourth-order valence-electron chi connectivity index (χ4n) is 1.97. The highest BCUT2D eigenvalue weighted by molar-refractivity contribution is 5.64. The number of anilines is 1. The highest BCUT2D eigenvalue weighted by Crippen LogP contribution is 2.35. The van der Waals surface area contributed by atoms with E-state index in [-0.39, 0.29) is 17.5 Å². The predicted octanol–water partition coefficient (Wildman–Crippen LogP) is 2.90. The van der Waals surface area contributed by atoms with Crippen LogP contribution in [0.25, 0.3) is 0 Å². The van der Waals surface area contributed by atoms with Crippen LogP contribution in [0, 0.1) is 16.0 Å². The SMILES string of the molecule is CC(CC1CC1)Nc1ccc(O)cc1[N+](=O)[O-]. The summed E-state index contributed by atoms with van der Waals surface area (Å²) in [5, 5.41) is 23.2. The number of nitrogens with zero attached hydrogens (tertiary/aromatic N) is 1. The molecular weight excluding hydrogens is 220 g/mol. The van der Waals surface area contributed by atoms with E-state index in [1.807, 2.05) is 6.92 Å². The summed E-state index contributed by atoms with van der Waals surface area (Å²) in [5.74, 6) is 0.686. The molecule has 2 N–H and O–H groups in total. The molecule has 1 fully saturated rings. The highest BCUT2D eigenvalue weighted by Gasteiger charge is 2.24. The van der Waals surface area contributed by atoms with E-state index < -0.39 is 4.92 Å². The van der Waals surface area contributed by atoms with Crippen molar-refractivity contribution in [1.82, 2.24) is 0 Å². The maximum atomic E-state index is 10.8. The summed E-state index contributed by atoms with van der Waals surface area (Å²) >= 11 is 0. The summed E-state index contributed by atoms with van der Waals surface area (Å²) in [6.07, 6.45) is 3.57. The molecule has 1 atom stereocenters. The van der Waals surface area contributed by atoms with Crippen LogP contribution < -0.4 is 5.32 Å². The highest BCUT2D eigenvalue weighted by atomic mass is 16.6. The van der Waals surface area contributed by atoms with Gasteiger partial charge in [-0.3, -0.25) is 10.1 Å². The first kappa shape index (κ1) is 11.7. The molecule has 0 amide bonds. The number of phenols is 1. The van der Waals surface area contributed by atoms with Gasteiger partial charge in [-0.05, 0) is 31.4 Å². The minimum Gasteiger partial charge on any atom is -0.508 e. The van der Waals surface area contributed by atoms with Crippen LogP contribution in [0.1, 0.15) is 26.2 Å². The molecular formula is C12H16N2O3. The summed E-state index contributed by atoms with van der Waals surface area (Å²) in [6.45, 7) is 2.02. The Morgan fingerprint density at radius 3 is 2.88 bits per heavy atom. The van der Waals surface area contributed by atoms with Crippen molar-refractivity contribution in [2.75, 3.05) is 5.32 Å². The van der Waals surface area contributed by atoms with Gasteiger partial charge in [0, 0.05) is 6.04 Å². The molecule has 1 unspecified atom stereocenters. The van der Waals surface area contributed by atoms with Gasteiger partial charge in [0.1, 0.15) is 11.4 Å². The maximum Gasteiger partial charge on any atom is 0.296 e. The lowest BCUT2D eigenvalue weighted by Gasteiger charge is -2.14. The Morgan fingerprint density at radius 2 is 2.29 bits per heavy atom. The number of nitrogens with one attached hydrogen (secondary N) is 1. The van der Waals surface area contributed by atoms with Crippen molar-refractivity contribution in [3.05, 3.63) is 28.3 Å². The Kier molecular flexibility index (Phi) is 3.17. The molecule has 1 saturated carbocycles. The number of nitro groups is 1. The van der Waals surface area contributed by atoms with Crippen LogP contribution in [0.15, 0.2) is 18.2 Å². The first-order valence-corrected chi connectivity index (χ1v) is 5.80. The molecule has 0 saturated heterocycles. The lowest BCUT2D eigenvalue weighted by Crippen LogP contribution is -2.16. The van der Waals surface area contributed by atoms with Crippen LogP contribution in [0.5, 0.6) is 5.75 Å². The third-order valence-electron chi connectivity index (χ3n) is 2.96. The molecule has 0 spiro atoms. The zero-order chi connectivity index (χ0) is 12.4. The number of nitro benzene ring substituents is 1. The molecule has 1 aliphatic rings. The molecule has 17 heavy (non-hydrogen) atoms. The number of hydrogen-bond acceptors (Lipinski definition) is 4. The molecule has 92 valence electrons. The van der Waals surface area contributed by atoms with Crippen molar-refractivity contribution in [3.63, 3.8) is 0 Å². The number of rotatable bonds is 5. The standard InChI is InChI=1S/C12H16N2O3/c1-8(6-9-2-3-9)13-11-5-4-10(15)7-12(11)14(16)17/h4-5,7-9,13,15H,2-3,6H2,1H3. The zero-order valence-electron chi connectivity index (χ0n) is 9.72. The van der Waals surface area contributed by atoms with Gasteiger partial charge in [-0.1, -0.05) is 12.8 Å². The van der Waals surface area contributed by atoms with Crippen LogP contribution in [0.2, 0.25) is 0 Å². The summed E-state index contributed by atoms with van der Waals surface area (Å²) in [5.41, 5.74) is 0.397. The van der Waals surface area contributed by atoms with E-state index in [1.54, 1.807) is 6.07 Å². The molecule has 1 aromatic rings. The lowest BCUT2D eigenvalue weighted by molar-refractivity contribution is -0.384. The first-order valence-electron chi connectivity index (χ1n) is 5.80. The van der Waals surface area contributed by atoms with Gasteiger partial charge in [0.05, 0.1) is 11.0 Å². The number of benzene rings is 1. The smallest absolute Gasteiger partial charge is 0.296 e. The summed E-state index contributed by atoms with van der Waals surface area (Å²) in [4.78, 5) is 10.4. The molecule has 0 radical (unpaired) electrons. The normalized spacial score (nSPS) is 16.5. The summed E-state index contributed by atoms with van der Waals surface area (Å²) in [6, 6.07) is 4.40. The molecule has 0 aliphatic heterocycles. The van der Waals surface area contributed by atoms with E-state index in [2.05, 4.69) is 5.32 Å². The molecule has 5 heteroatoms. The van der Waals surface area contributed by atoms with Crippen molar-refractivity contribution in [2.24, 2.45) is 5.92 Å². The van der Waals surface area contributed by atoms with Crippen molar-refractivity contribution in [3.8, 4) is 5.75 Å².